The van der Waals surface area contributed by atoms with Crippen LogP contribution in [0.15, 0.2) is 60.7 Å². The fraction of sp³-hybridized carbons (Fsp3) is 0.286. The maximum absolute atomic E-state index is 12.5. The van der Waals surface area contributed by atoms with Crippen LogP contribution in [-0.2, 0) is 13.0 Å². The van der Waals surface area contributed by atoms with Crippen molar-refractivity contribution in [2.45, 2.75) is 39.7 Å². The summed E-state index contributed by atoms with van der Waals surface area (Å²) in [6, 6.07) is 19.1. The lowest BCUT2D eigenvalue weighted by molar-refractivity contribution is 0.0954. The molecular formula is C28H29Cl2N3O2. The van der Waals surface area contributed by atoms with Crippen molar-refractivity contribution in [1.29, 1.82) is 0 Å². The number of nitrogens with one attached hydrogen (secondary N) is 1. The first-order valence-electron chi connectivity index (χ1n) is 11.8. The number of amides is 1. The van der Waals surface area contributed by atoms with E-state index < -0.39 is 0 Å². The molecule has 0 aliphatic rings. The Hall–Kier alpha value is -3.02. The molecule has 0 aliphatic heterocycles. The first-order valence-corrected chi connectivity index (χ1v) is 12.6. The van der Waals surface area contributed by atoms with E-state index in [1.54, 1.807) is 18.2 Å². The lowest BCUT2D eigenvalue weighted by Gasteiger charge is -2.12. The number of unbranched alkanes of at least 4 members (excludes halogenated alkanes) is 1. The molecule has 4 rings (SSSR count). The molecule has 7 heteroatoms. The molecule has 4 aromatic rings. The second-order valence-corrected chi connectivity index (χ2v) is 9.37. The molecule has 0 saturated heterocycles. The summed E-state index contributed by atoms with van der Waals surface area (Å²) >= 11 is 12.4. The number of carbonyl (C=O) groups is 1. The van der Waals surface area contributed by atoms with Gasteiger partial charge in [-0.15, -0.1) is 0 Å². The van der Waals surface area contributed by atoms with Gasteiger partial charge in [-0.1, -0.05) is 47.5 Å². The second kappa shape index (κ2) is 11.6. The molecule has 3 aromatic carbocycles. The highest BCUT2D eigenvalue weighted by molar-refractivity contribution is 6.33. The molecule has 0 spiro atoms. The van der Waals surface area contributed by atoms with Crippen LogP contribution in [-0.4, -0.2) is 28.6 Å². The Labute approximate surface area is 216 Å². The summed E-state index contributed by atoms with van der Waals surface area (Å²) < 4.78 is 8.20. The summed E-state index contributed by atoms with van der Waals surface area (Å²) in [5, 5.41) is 4.20. The Morgan fingerprint density at radius 1 is 1.00 bits per heavy atom. The fourth-order valence-corrected chi connectivity index (χ4v) is 4.48. The molecule has 0 aliphatic carbocycles. The van der Waals surface area contributed by atoms with Crippen LogP contribution in [0, 0.1) is 13.8 Å². The average Bonchev–Trinajstić information content (AvgIpc) is 3.19. The largest absolute Gasteiger partial charge is 0.494 e. The van der Waals surface area contributed by atoms with Gasteiger partial charge in [0, 0.05) is 24.5 Å². The van der Waals surface area contributed by atoms with Crippen LogP contribution in [0.4, 0.5) is 0 Å². The Balaban J connectivity index is 1.34. The molecule has 35 heavy (non-hydrogen) atoms. The van der Waals surface area contributed by atoms with E-state index in [2.05, 4.69) is 16.0 Å². The van der Waals surface area contributed by atoms with Crippen LogP contribution in [0.1, 0.15) is 40.2 Å². The number of nitrogens with zero attached hydrogens (tertiary/aromatic N) is 2. The minimum absolute atomic E-state index is 0.178. The number of aryl methyl sites for hydroxylation is 3. The maximum atomic E-state index is 12.5. The second-order valence-electron chi connectivity index (χ2n) is 8.58. The van der Waals surface area contributed by atoms with E-state index in [-0.39, 0.29) is 5.91 Å². The molecular weight excluding hydrogens is 481 g/mol. The predicted molar refractivity (Wildman–Crippen MR) is 143 cm³/mol. The van der Waals surface area contributed by atoms with E-state index in [9.17, 15) is 4.79 Å². The Morgan fingerprint density at radius 2 is 1.71 bits per heavy atom. The van der Waals surface area contributed by atoms with Crippen molar-refractivity contribution in [2.24, 2.45) is 0 Å². The summed E-state index contributed by atoms with van der Waals surface area (Å²) in [6.45, 7) is 5.92. The molecule has 0 fully saturated rings. The quantitative estimate of drug-likeness (QED) is 0.239. The zero-order valence-electron chi connectivity index (χ0n) is 20.0. The fourth-order valence-electron chi connectivity index (χ4n) is 4.15. The van der Waals surface area contributed by atoms with Crippen LogP contribution in [0.25, 0.3) is 11.0 Å². The number of ether oxygens (including phenoxy) is 1. The van der Waals surface area contributed by atoms with E-state index >= 15 is 0 Å². The molecule has 0 unspecified atom stereocenters. The van der Waals surface area contributed by atoms with Crippen molar-refractivity contribution < 1.29 is 9.53 Å². The van der Waals surface area contributed by atoms with Crippen LogP contribution < -0.4 is 10.1 Å². The molecule has 182 valence electrons. The smallest absolute Gasteiger partial charge is 0.252 e. The number of aromatic nitrogens is 2. The molecule has 1 aromatic heterocycles. The van der Waals surface area contributed by atoms with E-state index in [4.69, 9.17) is 32.9 Å². The number of rotatable bonds is 10. The highest BCUT2D eigenvalue weighted by Gasteiger charge is 2.13. The Morgan fingerprint density at radius 3 is 2.49 bits per heavy atom. The average molecular weight is 510 g/mol. The third kappa shape index (κ3) is 6.16. The summed E-state index contributed by atoms with van der Waals surface area (Å²) in [5.41, 5.74) is 4.59. The van der Waals surface area contributed by atoms with Gasteiger partial charge in [0.25, 0.3) is 5.91 Å². The SMILES string of the molecule is Cc1cc(OCCCCn2c(CCNC(=O)c3ccccc3Cl)nc3ccccc32)cc(C)c1Cl. The molecule has 0 bridgehead atoms. The van der Waals surface area contributed by atoms with E-state index in [1.165, 1.54) is 0 Å². The van der Waals surface area contributed by atoms with Crippen molar-refractivity contribution in [3.63, 3.8) is 0 Å². The highest BCUT2D eigenvalue weighted by atomic mass is 35.5. The molecule has 0 radical (unpaired) electrons. The number of carbonyl (C=O) groups excluding carboxylic acids is 1. The van der Waals surface area contributed by atoms with Crippen molar-refractivity contribution in [2.75, 3.05) is 13.2 Å². The van der Waals surface area contributed by atoms with E-state index in [0.29, 0.717) is 30.2 Å². The summed E-state index contributed by atoms with van der Waals surface area (Å²) in [5.74, 6) is 1.63. The van der Waals surface area contributed by atoms with E-state index in [0.717, 1.165) is 58.1 Å². The van der Waals surface area contributed by atoms with Gasteiger partial charge < -0.3 is 14.6 Å². The molecule has 1 N–H and O–H groups in total. The standard InChI is InChI=1S/C28H29Cl2N3O2/c1-19-17-21(18-20(2)27(19)30)35-16-8-7-15-33-25-12-6-5-11-24(25)32-26(33)13-14-31-28(34)22-9-3-4-10-23(22)29/h3-6,9-12,17-18H,7-8,13-16H2,1-2H3,(H,31,34). The van der Waals surface area contributed by atoms with Crippen molar-refractivity contribution in [1.82, 2.24) is 14.9 Å². The summed E-state index contributed by atoms with van der Waals surface area (Å²) in [7, 11) is 0. The van der Waals surface area contributed by atoms with Crippen molar-refractivity contribution >= 4 is 40.1 Å². The lowest BCUT2D eigenvalue weighted by Crippen LogP contribution is -2.26. The number of fused-ring (bicyclic) bond motifs is 1. The monoisotopic (exact) mass is 509 g/mol. The van der Waals surface area contributed by atoms with E-state index in [1.807, 2.05) is 50.2 Å². The number of para-hydroxylation sites is 2. The normalized spacial score (nSPS) is 11.1. The predicted octanol–water partition coefficient (Wildman–Crippen LogP) is 6.79. The van der Waals surface area contributed by atoms with Crippen LogP contribution >= 0.6 is 23.2 Å². The Bertz CT molecular complexity index is 1310. The van der Waals surface area contributed by atoms with Crippen molar-refractivity contribution in [3.05, 3.63) is 93.2 Å². The highest BCUT2D eigenvalue weighted by Crippen LogP contribution is 2.26. The lowest BCUT2D eigenvalue weighted by atomic mass is 10.1. The van der Waals surface area contributed by atoms with Gasteiger partial charge in [-0.2, -0.15) is 0 Å². The molecule has 0 atom stereocenters. The topological polar surface area (TPSA) is 56.1 Å². The van der Waals surface area contributed by atoms with Crippen LogP contribution in [0.3, 0.4) is 0 Å². The molecule has 5 nitrogen and oxygen atoms in total. The first-order chi connectivity index (χ1) is 16.9. The van der Waals surface area contributed by atoms with Gasteiger partial charge in [0.1, 0.15) is 11.6 Å². The first kappa shape index (κ1) is 25.1. The van der Waals surface area contributed by atoms with Gasteiger partial charge in [-0.25, -0.2) is 4.98 Å². The molecule has 1 amide bonds. The summed E-state index contributed by atoms with van der Waals surface area (Å²) in [4.78, 5) is 17.3. The number of halogens is 2. The number of imidazole rings is 1. The van der Waals surface area contributed by atoms with Crippen LogP contribution in [0.5, 0.6) is 5.75 Å². The third-order valence-electron chi connectivity index (χ3n) is 5.94. The number of hydrogen-bond acceptors (Lipinski definition) is 3. The maximum Gasteiger partial charge on any atom is 0.252 e. The van der Waals surface area contributed by atoms with Crippen molar-refractivity contribution in [3.8, 4) is 5.75 Å². The number of benzene rings is 3. The van der Waals surface area contributed by atoms with Gasteiger partial charge >= 0.3 is 0 Å². The van der Waals surface area contributed by atoms with Gasteiger partial charge in [-0.05, 0) is 74.2 Å². The molecule has 0 saturated carbocycles. The third-order valence-corrected chi connectivity index (χ3v) is 6.87. The van der Waals surface area contributed by atoms with Gasteiger partial charge in [0.2, 0.25) is 0 Å². The minimum Gasteiger partial charge on any atom is -0.494 e. The van der Waals surface area contributed by atoms with Crippen LogP contribution in [0.2, 0.25) is 10.0 Å². The zero-order chi connectivity index (χ0) is 24.8. The van der Waals surface area contributed by atoms with Gasteiger partial charge in [0.05, 0.1) is 28.2 Å². The zero-order valence-corrected chi connectivity index (χ0v) is 21.5. The molecule has 1 heterocycles. The van der Waals surface area contributed by atoms with Gasteiger partial charge in [-0.3, -0.25) is 4.79 Å². The number of hydrogen-bond donors (Lipinski definition) is 1. The van der Waals surface area contributed by atoms with Gasteiger partial charge in [0.15, 0.2) is 0 Å². The summed E-state index contributed by atoms with van der Waals surface area (Å²) in [6.07, 6.45) is 2.49. The Kier molecular flexibility index (Phi) is 8.32. The minimum atomic E-state index is -0.178.